The highest BCUT2D eigenvalue weighted by atomic mass is 16.1. The van der Waals surface area contributed by atoms with E-state index in [0.29, 0.717) is 11.5 Å². The Morgan fingerprint density at radius 1 is 1.50 bits per heavy atom. The van der Waals surface area contributed by atoms with Crippen molar-refractivity contribution in [1.82, 2.24) is 15.0 Å². The summed E-state index contributed by atoms with van der Waals surface area (Å²) in [7, 11) is 0. The molecule has 2 aromatic rings. The number of pyridine rings is 1. The lowest BCUT2D eigenvalue weighted by molar-refractivity contribution is 1.06. The molecule has 2 aromatic heterocycles. The fourth-order valence-electron chi connectivity index (χ4n) is 1.17. The maximum Gasteiger partial charge on any atom is 0.347 e. The van der Waals surface area contributed by atoms with Crippen LogP contribution in [0.2, 0.25) is 0 Å². The Hall–Kier alpha value is -2.68. The van der Waals surface area contributed by atoms with E-state index in [0.717, 1.165) is 0 Å². The Balaban J connectivity index is 2.33. The van der Waals surface area contributed by atoms with Crippen LogP contribution in [0.4, 0.5) is 11.5 Å². The highest BCUT2D eigenvalue weighted by Crippen LogP contribution is 2.10. The van der Waals surface area contributed by atoms with E-state index in [9.17, 15) is 4.79 Å². The number of H-pyrrole nitrogens is 1. The number of nitrogens with one attached hydrogen (secondary N) is 2. The van der Waals surface area contributed by atoms with Crippen molar-refractivity contribution in [3.8, 4) is 6.07 Å². The number of aromatic nitrogens is 3. The van der Waals surface area contributed by atoms with Crippen LogP contribution in [0.15, 0.2) is 35.4 Å². The number of aromatic amines is 1. The maximum absolute atomic E-state index is 11.1. The molecule has 2 rings (SSSR count). The van der Waals surface area contributed by atoms with Crippen LogP contribution in [0, 0.1) is 11.3 Å². The highest BCUT2D eigenvalue weighted by Gasteiger charge is 2.00. The molecule has 0 saturated carbocycles. The van der Waals surface area contributed by atoms with E-state index in [2.05, 4.69) is 20.3 Å². The number of anilines is 2. The number of nitrogens with zero attached hydrogens (tertiary/aromatic N) is 3. The first-order valence-electron chi connectivity index (χ1n) is 4.46. The number of hydrogen-bond acceptors (Lipinski definition) is 5. The van der Waals surface area contributed by atoms with E-state index in [4.69, 9.17) is 5.26 Å². The molecule has 0 amide bonds. The number of nitriles is 1. The number of rotatable bonds is 2. The lowest BCUT2D eigenvalue weighted by Gasteiger charge is -2.03. The molecule has 2 N–H and O–H groups in total. The fraction of sp³-hybridized carbons (Fsp3) is 0. The molecule has 0 aliphatic heterocycles. The van der Waals surface area contributed by atoms with Crippen molar-refractivity contribution < 1.29 is 0 Å². The average molecular weight is 213 g/mol. The van der Waals surface area contributed by atoms with Gasteiger partial charge in [-0.2, -0.15) is 10.2 Å². The van der Waals surface area contributed by atoms with E-state index in [1.54, 1.807) is 24.5 Å². The van der Waals surface area contributed by atoms with Crippen molar-refractivity contribution in [2.24, 2.45) is 0 Å². The van der Waals surface area contributed by atoms with Gasteiger partial charge in [0.2, 0.25) is 0 Å². The quantitative estimate of drug-likeness (QED) is 0.768. The van der Waals surface area contributed by atoms with Crippen LogP contribution in [0.25, 0.3) is 0 Å². The van der Waals surface area contributed by atoms with E-state index in [1.165, 1.54) is 6.07 Å². The molecule has 0 bridgehead atoms. The second kappa shape index (κ2) is 4.23. The molecule has 2 heterocycles. The fourth-order valence-corrected chi connectivity index (χ4v) is 1.17. The first-order valence-corrected chi connectivity index (χ1v) is 4.46. The van der Waals surface area contributed by atoms with Crippen LogP contribution in [0.3, 0.4) is 0 Å². The van der Waals surface area contributed by atoms with Crippen molar-refractivity contribution in [1.29, 1.82) is 5.26 Å². The lowest BCUT2D eigenvalue weighted by atomic mass is 10.4. The Bertz CT molecular complexity index is 584. The van der Waals surface area contributed by atoms with E-state index in [1.807, 2.05) is 6.07 Å². The molecule has 0 unspecified atom stereocenters. The zero-order chi connectivity index (χ0) is 11.4. The third-order valence-corrected chi connectivity index (χ3v) is 1.80. The summed E-state index contributed by atoms with van der Waals surface area (Å²) in [5, 5.41) is 11.5. The largest absolute Gasteiger partial charge is 0.347 e. The van der Waals surface area contributed by atoms with Crippen LogP contribution in [0.1, 0.15) is 5.69 Å². The van der Waals surface area contributed by atoms with Crippen molar-refractivity contribution >= 4 is 11.5 Å². The minimum Gasteiger partial charge on any atom is -0.339 e. The average Bonchev–Trinajstić information content (AvgIpc) is 2.29. The highest BCUT2D eigenvalue weighted by molar-refractivity contribution is 5.55. The van der Waals surface area contributed by atoms with Crippen LogP contribution in [0.5, 0.6) is 0 Å². The van der Waals surface area contributed by atoms with Gasteiger partial charge in [0.15, 0.2) is 0 Å². The smallest absolute Gasteiger partial charge is 0.339 e. The van der Waals surface area contributed by atoms with Gasteiger partial charge in [0, 0.05) is 12.3 Å². The van der Waals surface area contributed by atoms with Crippen molar-refractivity contribution in [2.75, 3.05) is 5.32 Å². The molecule has 78 valence electrons. The summed E-state index contributed by atoms with van der Waals surface area (Å²) in [5.41, 5.74) is 0.293. The van der Waals surface area contributed by atoms with Gasteiger partial charge < -0.3 is 5.32 Å². The van der Waals surface area contributed by atoms with Crippen LogP contribution >= 0.6 is 0 Å². The monoisotopic (exact) mass is 213 g/mol. The van der Waals surface area contributed by atoms with Crippen LogP contribution in [-0.4, -0.2) is 15.0 Å². The van der Waals surface area contributed by atoms with Crippen molar-refractivity contribution in [3.05, 3.63) is 46.8 Å². The third-order valence-electron chi connectivity index (χ3n) is 1.80. The van der Waals surface area contributed by atoms with E-state index in [-0.39, 0.29) is 5.69 Å². The summed E-state index contributed by atoms with van der Waals surface area (Å²) in [6.45, 7) is 0. The third kappa shape index (κ3) is 2.22. The maximum atomic E-state index is 11.1. The molecular formula is C10H7N5O. The molecular weight excluding hydrogens is 206 g/mol. The molecule has 0 atom stereocenters. The molecule has 0 radical (unpaired) electrons. The number of hydrogen-bond donors (Lipinski definition) is 2. The molecule has 0 fully saturated rings. The van der Waals surface area contributed by atoms with E-state index < -0.39 is 5.69 Å². The summed E-state index contributed by atoms with van der Waals surface area (Å²) in [6.07, 6.45) is 3.23. The molecule has 6 nitrogen and oxygen atoms in total. The van der Waals surface area contributed by atoms with Crippen molar-refractivity contribution in [3.63, 3.8) is 0 Å². The molecule has 0 aromatic carbocycles. The van der Waals surface area contributed by atoms with Gasteiger partial charge in [-0.1, -0.05) is 0 Å². The topological polar surface area (TPSA) is 94.5 Å². The molecule has 0 aliphatic rings. The minimum atomic E-state index is -0.564. The molecule has 0 saturated heterocycles. The SMILES string of the molecule is N#Cc1cc(Nc2cccnc2)nc(=O)[nH]1. The minimum absolute atomic E-state index is 0.159. The summed E-state index contributed by atoms with van der Waals surface area (Å²) >= 11 is 0. The molecule has 0 aliphatic carbocycles. The van der Waals surface area contributed by atoms with Crippen molar-refractivity contribution in [2.45, 2.75) is 0 Å². The zero-order valence-corrected chi connectivity index (χ0v) is 8.14. The lowest BCUT2D eigenvalue weighted by Crippen LogP contribution is -2.13. The zero-order valence-electron chi connectivity index (χ0n) is 8.14. The van der Waals surface area contributed by atoms with Gasteiger partial charge in [0.05, 0.1) is 11.9 Å². The molecule has 0 spiro atoms. The first kappa shape index (κ1) is 9.86. The van der Waals surface area contributed by atoms with Gasteiger partial charge in [-0.25, -0.2) is 4.79 Å². The Labute approximate surface area is 90.6 Å². The van der Waals surface area contributed by atoms with Gasteiger partial charge in [-0.3, -0.25) is 9.97 Å². The molecule has 6 heteroatoms. The summed E-state index contributed by atoms with van der Waals surface area (Å²) in [4.78, 5) is 21.0. The predicted molar refractivity (Wildman–Crippen MR) is 57.1 cm³/mol. The molecule has 16 heavy (non-hydrogen) atoms. The second-order valence-electron chi connectivity index (χ2n) is 2.96. The normalized spacial score (nSPS) is 9.44. The predicted octanol–water partition coefficient (Wildman–Crippen LogP) is 0.780. The van der Waals surface area contributed by atoms with Crippen LogP contribution < -0.4 is 11.0 Å². The second-order valence-corrected chi connectivity index (χ2v) is 2.96. The van der Waals surface area contributed by atoms with Crippen LogP contribution in [-0.2, 0) is 0 Å². The Morgan fingerprint density at radius 3 is 3.06 bits per heavy atom. The summed E-state index contributed by atoms with van der Waals surface area (Å²) < 4.78 is 0. The van der Waals surface area contributed by atoms with E-state index >= 15 is 0 Å². The standard InChI is InChI=1S/C10H7N5O/c11-5-8-4-9(15-10(16)14-8)13-7-2-1-3-12-6-7/h1-4,6H,(H2,13,14,15,16). The first-order chi connectivity index (χ1) is 7.78. The summed E-state index contributed by atoms with van der Waals surface area (Å²) in [5.74, 6) is 0.313. The van der Waals surface area contributed by atoms with Gasteiger partial charge >= 0.3 is 5.69 Å². The summed E-state index contributed by atoms with van der Waals surface area (Å²) in [6, 6.07) is 6.83. The van der Waals surface area contributed by atoms with Gasteiger partial charge in [0.1, 0.15) is 17.6 Å². The van der Waals surface area contributed by atoms with Gasteiger partial charge in [-0.15, -0.1) is 0 Å². The van der Waals surface area contributed by atoms with Gasteiger partial charge in [-0.05, 0) is 12.1 Å². The van der Waals surface area contributed by atoms with Gasteiger partial charge in [0.25, 0.3) is 0 Å². The Kier molecular flexibility index (Phi) is 2.61. The Morgan fingerprint density at radius 2 is 2.38 bits per heavy atom.